The van der Waals surface area contributed by atoms with Crippen molar-refractivity contribution in [3.05, 3.63) is 35.4 Å². The van der Waals surface area contributed by atoms with Gasteiger partial charge in [-0.1, -0.05) is 29.8 Å². The summed E-state index contributed by atoms with van der Waals surface area (Å²) in [6.07, 6.45) is 2.97. The number of carbonyl (C=O) groups excluding carboxylic acids is 1. The summed E-state index contributed by atoms with van der Waals surface area (Å²) in [5, 5.41) is 0. The number of piperazine rings is 1. The summed E-state index contributed by atoms with van der Waals surface area (Å²) in [7, 11) is 2.25. The highest BCUT2D eigenvalue weighted by atomic mass is 16.6. The van der Waals surface area contributed by atoms with Crippen LogP contribution in [0.25, 0.3) is 0 Å². The van der Waals surface area contributed by atoms with E-state index in [0.29, 0.717) is 18.1 Å². The van der Waals surface area contributed by atoms with Gasteiger partial charge in [0.15, 0.2) is 0 Å². The van der Waals surface area contributed by atoms with E-state index in [-0.39, 0.29) is 6.09 Å². The van der Waals surface area contributed by atoms with Crippen molar-refractivity contribution in [2.75, 3.05) is 33.2 Å². The minimum absolute atomic E-state index is 0.168. The van der Waals surface area contributed by atoms with Crippen molar-refractivity contribution in [3.63, 3.8) is 0 Å². The highest BCUT2D eigenvalue weighted by Crippen LogP contribution is 2.26. The van der Waals surface area contributed by atoms with Crippen molar-refractivity contribution < 1.29 is 9.53 Å². The molecule has 29 heavy (non-hydrogen) atoms. The van der Waals surface area contributed by atoms with Crippen molar-refractivity contribution in [1.82, 2.24) is 14.7 Å². The molecule has 162 valence electrons. The van der Waals surface area contributed by atoms with E-state index < -0.39 is 5.60 Å². The molecule has 1 aromatic rings. The lowest BCUT2D eigenvalue weighted by atomic mass is 9.94. The lowest BCUT2D eigenvalue weighted by Gasteiger charge is -2.49. The number of likely N-dealkylation sites (N-methyl/N-ethyl adjacent to an activating group) is 1. The molecule has 0 N–H and O–H groups in total. The molecule has 0 aromatic heterocycles. The van der Waals surface area contributed by atoms with Crippen LogP contribution in [-0.4, -0.2) is 77.7 Å². The van der Waals surface area contributed by atoms with Crippen LogP contribution >= 0.6 is 0 Å². The van der Waals surface area contributed by atoms with E-state index in [2.05, 4.69) is 55.0 Å². The molecule has 0 spiro atoms. The smallest absolute Gasteiger partial charge is 0.410 e. The number of benzene rings is 1. The Morgan fingerprint density at radius 3 is 2.31 bits per heavy atom. The van der Waals surface area contributed by atoms with Crippen LogP contribution in [0, 0.1) is 6.92 Å². The Morgan fingerprint density at radius 1 is 1.10 bits per heavy atom. The summed E-state index contributed by atoms with van der Waals surface area (Å²) in [6.45, 7) is 14.0. The maximum absolute atomic E-state index is 12.4. The molecule has 5 heteroatoms. The van der Waals surface area contributed by atoms with Crippen LogP contribution < -0.4 is 0 Å². The van der Waals surface area contributed by atoms with Gasteiger partial charge in [0.2, 0.25) is 0 Å². The van der Waals surface area contributed by atoms with E-state index in [1.165, 1.54) is 11.1 Å². The van der Waals surface area contributed by atoms with Crippen LogP contribution in [0.1, 0.15) is 51.7 Å². The number of likely N-dealkylation sites (tertiary alicyclic amines) is 1. The molecule has 0 radical (unpaired) electrons. The van der Waals surface area contributed by atoms with E-state index in [0.717, 1.165) is 45.4 Å². The highest BCUT2D eigenvalue weighted by molar-refractivity contribution is 5.68. The maximum Gasteiger partial charge on any atom is 0.410 e. The van der Waals surface area contributed by atoms with Crippen LogP contribution in [0.3, 0.4) is 0 Å². The first-order valence-corrected chi connectivity index (χ1v) is 11.1. The minimum Gasteiger partial charge on any atom is -0.444 e. The topological polar surface area (TPSA) is 36.0 Å². The second kappa shape index (κ2) is 9.05. The zero-order valence-corrected chi connectivity index (χ0v) is 19.1. The maximum atomic E-state index is 12.4. The third kappa shape index (κ3) is 5.95. The predicted octanol–water partition coefficient (Wildman–Crippen LogP) is 3.94. The summed E-state index contributed by atoms with van der Waals surface area (Å²) in [5.41, 5.74) is 2.30. The fourth-order valence-corrected chi connectivity index (χ4v) is 4.54. The summed E-state index contributed by atoms with van der Waals surface area (Å²) < 4.78 is 5.57. The first kappa shape index (κ1) is 22.1. The van der Waals surface area contributed by atoms with E-state index >= 15 is 0 Å². The molecule has 1 unspecified atom stereocenters. The zero-order valence-electron chi connectivity index (χ0n) is 19.1. The summed E-state index contributed by atoms with van der Waals surface area (Å²) >= 11 is 0. The number of hydrogen-bond donors (Lipinski definition) is 0. The normalized spacial score (nSPS) is 25.2. The third-order valence-corrected chi connectivity index (χ3v) is 6.37. The lowest BCUT2D eigenvalue weighted by Crippen LogP contribution is -2.61. The van der Waals surface area contributed by atoms with Crippen molar-refractivity contribution >= 4 is 6.09 Å². The van der Waals surface area contributed by atoms with Gasteiger partial charge in [-0.2, -0.15) is 0 Å². The first-order valence-electron chi connectivity index (χ1n) is 11.1. The SMILES string of the molecule is Cc1ccc(CC2CN(C)[C@@H](C)CN2C2CCN(C(=O)OC(C)(C)C)CC2)cc1. The average Bonchev–Trinajstić information content (AvgIpc) is 2.65. The fraction of sp³-hybridized carbons (Fsp3) is 0.708. The molecule has 2 aliphatic heterocycles. The zero-order chi connectivity index (χ0) is 21.2. The van der Waals surface area contributed by atoms with Gasteiger partial charge in [-0.15, -0.1) is 0 Å². The van der Waals surface area contributed by atoms with E-state index in [4.69, 9.17) is 4.74 Å². The second-order valence-corrected chi connectivity index (χ2v) is 10.0. The van der Waals surface area contributed by atoms with Crippen molar-refractivity contribution in [1.29, 1.82) is 0 Å². The Labute approximate surface area is 177 Å². The molecule has 0 aliphatic carbocycles. The van der Waals surface area contributed by atoms with E-state index in [1.807, 2.05) is 25.7 Å². The molecule has 5 nitrogen and oxygen atoms in total. The van der Waals surface area contributed by atoms with E-state index in [9.17, 15) is 4.79 Å². The number of rotatable bonds is 3. The summed E-state index contributed by atoms with van der Waals surface area (Å²) in [5.74, 6) is 0. The standard InChI is InChI=1S/C24H39N3O2/c1-18-7-9-20(10-8-18)15-22-17-25(6)19(2)16-27(22)21-11-13-26(14-12-21)23(28)29-24(3,4)5/h7-10,19,21-22H,11-17H2,1-6H3/t19-,22?/m0/s1. The highest BCUT2D eigenvalue weighted by Gasteiger charge is 2.36. The average molecular weight is 402 g/mol. The molecule has 2 saturated heterocycles. The molecular formula is C24H39N3O2. The van der Waals surface area contributed by atoms with Crippen LogP contribution in [0.2, 0.25) is 0 Å². The van der Waals surface area contributed by atoms with Crippen LogP contribution in [0.5, 0.6) is 0 Å². The number of hydrogen-bond acceptors (Lipinski definition) is 4. The largest absolute Gasteiger partial charge is 0.444 e. The molecule has 3 rings (SSSR count). The van der Waals surface area contributed by atoms with Gasteiger partial charge in [-0.25, -0.2) is 4.79 Å². The summed E-state index contributed by atoms with van der Waals surface area (Å²) in [4.78, 5) is 19.5. The van der Waals surface area contributed by atoms with Gasteiger partial charge in [0, 0.05) is 44.3 Å². The van der Waals surface area contributed by atoms with Gasteiger partial charge in [0.25, 0.3) is 0 Å². The Bertz CT molecular complexity index is 674. The molecule has 1 aromatic carbocycles. The Morgan fingerprint density at radius 2 is 1.72 bits per heavy atom. The van der Waals surface area contributed by atoms with Crippen molar-refractivity contribution in [2.45, 2.75) is 77.6 Å². The molecule has 0 bridgehead atoms. The van der Waals surface area contributed by atoms with Crippen molar-refractivity contribution in [3.8, 4) is 0 Å². The molecule has 2 heterocycles. The van der Waals surface area contributed by atoms with Gasteiger partial charge in [0.1, 0.15) is 5.60 Å². The van der Waals surface area contributed by atoms with Crippen LogP contribution in [-0.2, 0) is 11.2 Å². The van der Waals surface area contributed by atoms with Gasteiger partial charge >= 0.3 is 6.09 Å². The Kier molecular flexibility index (Phi) is 6.90. The van der Waals surface area contributed by atoms with Gasteiger partial charge in [0.05, 0.1) is 0 Å². The van der Waals surface area contributed by atoms with Crippen LogP contribution in [0.15, 0.2) is 24.3 Å². The third-order valence-electron chi connectivity index (χ3n) is 6.37. The quantitative estimate of drug-likeness (QED) is 0.769. The van der Waals surface area contributed by atoms with E-state index in [1.54, 1.807) is 0 Å². The number of ether oxygens (including phenoxy) is 1. The first-order chi connectivity index (χ1) is 13.6. The second-order valence-electron chi connectivity index (χ2n) is 10.0. The molecule has 2 atom stereocenters. The molecule has 1 amide bonds. The number of amides is 1. The Hall–Kier alpha value is -1.59. The number of nitrogens with zero attached hydrogens (tertiary/aromatic N) is 3. The summed E-state index contributed by atoms with van der Waals surface area (Å²) in [6, 6.07) is 10.6. The molecular weight excluding hydrogens is 362 g/mol. The number of piperidine rings is 1. The van der Waals surface area contributed by atoms with Crippen molar-refractivity contribution in [2.24, 2.45) is 0 Å². The van der Waals surface area contributed by atoms with Gasteiger partial charge in [-0.3, -0.25) is 4.90 Å². The van der Waals surface area contributed by atoms with Gasteiger partial charge < -0.3 is 14.5 Å². The van der Waals surface area contributed by atoms with Crippen LogP contribution in [0.4, 0.5) is 4.79 Å². The Balaban J connectivity index is 1.63. The fourth-order valence-electron chi connectivity index (χ4n) is 4.54. The molecule has 2 aliphatic rings. The van der Waals surface area contributed by atoms with Gasteiger partial charge in [-0.05, 0) is 66.5 Å². The molecule has 2 fully saturated rings. The predicted molar refractivity (Wildman–Crippen MR) is 118 cm³/mol. The monoisotopic (exact) mass is 401 g/mol. The number of aryl methyl sites for hydroxylation is 1. The number of carbonyl (C=O) groups is 1. The lowest BCUT2D eigenvalue weighted by molar-refractivity contribution is -0.0118. The minimum atomic E-state index is -0.431. The molecule has 0 saturated carbocycles.